The molecule has 1 heteroatoms. The van der Waals surface area contributed by atoms with Gasteiger partial charge >= 0.3 is 0 Å². The van der Waals surface area contributed by atoms with Crippen LogP contribution in [0.2, 0.25) is 0 Å². The summed E-state index contributed by atoms with van der Waals surface area (Å²) in [5.74, 6) is 0. The van der Waals surface area contributed by atoms with Crippen LogP contribution in [0.3, 0.4) is 0 Å². The standard InChI is InChI=1S/C17H20.Au/c1-2-3-5-10-15-13-8-9-14-17(15)16-11-6-4-7-12-16;/h4,6-9,11-14H,2-3,5,10H2,1H3;. The van der Waals surface area contributed by atoms with Gasteiger partial charge in [0.25, 0.3) is 0 Å². The molecule has 0 atom stereocenters. The Morgan fingerprint density at radius 1 is 0.778 bits per heavy atom. The van der Waals surface area contributed by atoms with Crippen molar-refractivity contribution in [1.82, 2.24) is 0 Å². The van der Waals surface area contributed by atoms with E-state index in [0.717, 1.165) is 0 Å². The molecule has 0 saturated carbocycles. The summed E-state index contributed by atoms with van der Waals surface area (Å²) in [6.07, 6.45) is 5.09. The Morgan fingerprint density at radius 3 is 2.17 bits per heavy atom. The third-order valence-electron chi connectivity index (χ3n) is 3.15. The van der Waals surface area contributed by atoms with Gasteiger partial charge in [0.15, 0.2) is 0 Å². The number of unbranched alkanes of at least 4 members (excludes halogenated alkanes) is 2. The molecule has 99 valence electrons. The second-order valence-electron chi connectivity index (χ2n) is 4.48. The van der Waals surface area contributed by atoms with E-state index in [9.17, 15) is 0 Å². The van der Waals surface area contributed by atoms with Crippen LogP contribution in [-0.4, -0.2) is 0 Å². The van der Waals surface area contributed by atoms with Gasteiger partial charge in [0.2, 0.25) is 0 Å². The first-order chi connectivity index (χ1) is 8.42. The fourth-order valence-electron chi connectivity index (χ4n) is 2.20. The third kappa shape index (κ3) is 4.13. The van der Waals surface area contributed by atoms with Crippen molar-refractivity contribution in [3.05, 3.63) is 60.2 Å². The smallest absolute Gasteiger partial charge is 0 e. The Balaban J connectivity index is 0.00000162. The molecule has 0 heterocycles. The summed E-state index contributed by atoms with van der Waals surface area (Å²) in [6, 6.07) is 19.4. The van der Waals surface area contributed by atoms with E-state index in [1.807, 2.05) is 0 Å². The van der Waals surface area contributed by atoms with Crippen LogP contribution in [0.15, 0.2) is 54.6 Å². The van der Waals surface area contributed by atoms with E-state index in [1.54, 1.807) is 0 Å². The van der Waals surface area contributed by atoms with Crippen molar-refractivity contribution in [3.8, 4) is 11.1 Å². The van der Waals surface area contributed by atoms with E-state index in [1.165, 1.54) is 42.4 Å². The summed E-state index contributed by atoms with van der Waals surface area (Å²) in [7, 11) is 0. The van der Waals surface area contributed by atoms with Gasteiger partial charge in [-0.3, -0.25) is 0 Å². The fraction of sp³-hybridized carbons (Fsp3) is 0.294. The Labute approximate surface area is 126 Å². The minimum atomic E-state index is 0. The molecule has 2 aromatic rings. The average molecular weight is 421 g/mol. The fourth-order valence-corrected chi connectivity index (χ4v) is 2.20. The average Bonchev–Trinajstić information content (AvgIpc) is 2.41. The van der Waals surface area contributed by atoms with Crippen molar-refractivity contribution in [2.24, 2.45) is 0 Å². The predicted octanol–water partition coefficient (Wildman–Crippen LogP) is 5.08. The van der Waals surface area contributed by atoms with Gasteiger partial charge in [0, 0.05) is 22.4 Å². The van der Waals surface area contributed by atoms with Crippen molar-refractivity contribution in [2.45, 2.75) is 32.6 Å². The molecule has 0 unspecified atom stereocenters. The van der Waals surface area contributed by atoms with Crippen LogP contribution < -0.4 is 0 Å². The molecular formula is C17H20Au. The molecule has 0 nitrogen and oxygen atoms in total. The quantitative estimate of drug-likeness (QED) is 0.467. The van der Waals surface area contributed by atoms with E-state index in [2.05, 4.69) is 61.5 Å². The topological polar surface area (TPSA) is 0 Å². The third-order valence-corrected chi connectivity index (χ3v) is 3.15. The maximum atomic E-state index is 2.26. The summed E-state index contributed by atoms with van der Waals surface area (Å²) < 4.78 is 0. The molecular weight excluding hydrogens is 401 g/mol. The van der Waals surface area contributed by atoms with Crippen molar-refractivity contribution < 1.29 is 22.4 Å². The van der Waals surface area contributed by atoms with Gasteiger partial charge in [-0.05, 0) is 29.5 Å². The minimum absolute atomic E-state index is 0. The van der Waals surface area contributed by atoms with Crippen LogP contribution in [0.4, 0.5) is 0 Å². The molecule has 0 aliphatic rings. The van der Waals surface area contributed by atoms with Gasteiger partial charge in [0.1, 0.15) is 0 Å². The van der Waals surface area contributed by atoms with Gasteiger partial charge < -0.3 is 0 Å². The molecule has 0 spiro atoms. The molecule has 1 radical (unpaired) electrons. The molecule has 0 aliphatic carbocycles. The van der Waals surface area contributed by atoms with Crippen LogP contribution in [0.1, 0.15) is 31.7 Å². The van der Waals surface area contributed by atoms with Gasteiger partial charge in [-0.2, -0.15) is 0 Å². The number of hydrogen-bond donors (Lipinski definition) is 0. The molecule has 0 bridgehead atoms. The van der Waals surface area contributed by atoms with Crippen molar-refractivity contribution in [2.75, 3.05) is 0 Å². The summed E-state index contributed by atoms with van der Waals surface area (Å²) >= 11 is 0. The SMILES string of the molecule is CCCCCc1ccccc1-c1ccccc1.[Au]. The summed E-state index contributed by atoms with van der Waals surface area (Å²) in [5.41, 5.74) is 4.20. The first-order valence-electron chi connectivity index (χ1n) is 6.55. The summed E-state index contributed by atoms with van der Waals surface area (Å²) in [5, 5.41) is 0. The van der Waals surface area contributed by atoms with Crippen molar-refractivity contribution in [1.29, 1.82) is 0 Å². The van der Waals surface area contributed by atoms with Crippen molar-refractivity contribution >= 4 is 0 Å². The van der Waals surface area contributed by atoms with Gasteiger partial charge in [-0.15, -0.1) is 0 Å². The predicted molar refractivity (Wildman–Crippen MR) is 75.1 cm³/mol. The number of rotatable bonds is 5. The largest absolute Gasteiger partial charge is 0.0654 e. The van der Waals surface area contributed by atoms with E-state index in [0.29, 0.717) is 0 Å². The Kier molecular flexibility index (Phi) is 7.04. The molecule has 0 saturated heterocycles. The van der Waals surface area contributed by atoms with Crippen molar-refractivity contribution in [3.63, 3.8) is 0 Å². The Bertz CT molecular complexity index is 448. The maximum absolute atomic E-state index is 2.26. The first-order valence-corrected chi connectivity index (χ1v) is 6.55. The molecule has 0 amide bonds. The second kappa shape index (κ2) is 8.31. The summed E-state index contributed by atoms with van der Waals surface area (Å²) in [4.78, 5) is 0. The second-order valence-corrected chi connectivity index (χ2v) is 4.48. The van der Waals surface area contributed by atoms with E-state index >= 15 is 0 Å². The normalized spacial score (nSPS) is 9.83. The van der Waals surface area contributed by atoms with Crippen LogP contribution in [0.25, 0.3) is 11.1 Å². The number of hydrogen-bond acceptors (Lipinski definition) is 0. The van der Waals surface area contributed by atoms with E-state index in [-0.39, 0.29) is 22.4 Å². The van der Waals surface area contributed by atoms with Gasteiger partial charge in [0.05, 0.1) is 0 Å². The zero-order valence-electron chi connectivity index (χ0n) is 10.8. The Morgan fingerprint density at radius 2 is 1.44 bits per heavy atom. The molecule has 0 aromatic heterocycles. The van der Waals surface area contributed by atoms with Crippen LogP contribution in [-0.2, 0) is 28.8 Å². The Hall–Kier alpha value is -0.820. The van der Waals surface area contributed by atoms with Crippen LogP contribution in [0.5, 0.6) is 0 Å². The number of benzene rings is 2. The zero-order valence-corrected chi connectivity index (χ0v) is 13.0. The van der Waals surface area contributed by atoms with E-state index in [4.69, 9.17) is 0 Å². The molecule has 18 heavy (non-hydrogen) atoms. The molecule has 2 aromatic carbocycles. The van der Waals surface area contributed by atoms with Crippen LogP contribution in [0, 0.1) is 0 Å². The van der Waals surface area contributed by atoms with E-state index < -0.39 is 0 Å². The minimum Gasteiger partial charge on any atom is -0.0654 e. The van der Waals surface area contributed by atoms with Gasteiger partial charge in [-0.1, -0.05) is 74.4 Å². The first kappa shape index (κ1) is 15.2. The molecule has 0 N–H and O–H groups in total. The maximum Gasteiger partial charge on any atom is 0 e. The molecule has 0 fully saturated rings. The molecule has 0 aliphatic heterocycles. The monoisotopic (exact) mass is 421 g/mol. The van der Waals surface area contributed by atoms with Crippen LogP contribution >= 0.6 is 0 Å². The van der Waals surface area contributed by atoms with Gasteiger partial charge in [-0.25, -0.2) is 0 Å². The zero-order chi connectivity index (χ0) is 11.9. The molecule has 2 rings (SSSR count). The number of aryl methyl sites for hydroxylation is 1. The summed E-state index contributed by atoms with van der Waals surface area (Å²) in [6.45, 7) is 2.25.